The molecule has 1 unspecified atom stereocenters. The SMILES string of the molecule is CC[C@@H](N)C(=O)NC(C)c1ccccc1Br. The molecule has 0 aromatic heterocycles. The standard InChI is InChI=1S/C12H17BrN2O/c1-3-11(14)12(16)15-8(2)9-6-4-5-7-10(9)13/h4-8,11H,3,14H2,1-2H3,(H,15,16)/t8?,11-/m1/s1. The van der Waals surface area contributed by atoms with E-state index >= 15 is 0 Å². The number of halogens is 1. The number of nitrogens with one attached hydrogen (secondary N) is 1. The molecule has 0 radical (unpaired) electrons. The molecule has 3 nitrogen and oxygen atoms in total. The number of hydrogen-bond acceptors (Lipinski definition) is 2. The molecule has 0 heterocycles. The van der Waals surface area contributed by atoms with E-state index in [-0.39, 0.29) is 11.9 Å². The maximum Gasteiger partial charge on any atom is 0.237 e. The van der Waals surface area contributed by atoms with Gasteiger partial charge in [0.1, 0.15) is 0 Å². The number of amides is 1. The van der Waals surface area contributed by atoms with Gasteiger partial charge in [-0.05, 0) is 25.0 Å². The molecule has 1 aromatic carbocycles. The second-order valence-corrected chi connectivity index (χ2v) is 4.62. The normalized spacial score (nSPS) is 14.2. The summed E-state index contributed by atoms with van der Waals surface area (Å²) < 4.78 is 0.993. The molecule has 0 saturated heterocycles. The summed E-state index contributed by atoms with van der Waals surface area (Å²) in [6, 6.07) is 7.36. The fraction of sp³-hybridized carbons (Fsp3) is 0.417. The highest BCUT2D eigenvalue weighted by Crippen LogP contribution is 2.22. The molecule has 1 aromatic rings. The molecule has 2 atom stereocenters. The lowest BCUT2D eigenvalue weighted by Crippen LogP contribution is -2.41. The van der Waals surface area contributed by atoms with Crippen LogP contribution in [0, 0.1) is 0 Å². The van der Waals surface area contributed by atoms with E-state index in [1.54, 1.807) is 0 Å². The molecule has 88 valence electrons. The van der Waals surface area contributed by atoms with Gasteiger partial charge in [0, 0.05) is 4.47 Å². The van der Waals surface area contributed by atoms with Crippen molar-refractivity contribution in [2.24, 2.45) is 5.73 Å². The van der Waals surface area contributed by atoms with E-state index in [0.717, 1.165) is 10.0 Å². The third-order valence-corrected chi connectivity index (χ3v) is 3.23. The number of nitrogens with two attached hydrogens (primary N) is 1. The van der Waals surface area contributed by atoms with Gasteiger partial charge in [0.25, 0.3) is 0 Å². The molecular formula is C12H17BrN2O. The van der Waals surface area contributed by atoms with Gasteiger partial charge in [-0.15, -0.1) is 0 Å². The zero-order valence-corrected chi connectivity index (χ0v) is 11.1. The van der Waals surface area contributed by atoms with Crippen LogP contribution in [0.4, 0.5) is 0 Å². The second-order valence-electron chi connectivity index (χ2n) is 3.77. The molecule has 3 N–H and O–H groups in total. The highest BCUT2D eigenvalue weighted by molar-refractivity contribution is 9.10. The van der Waals surface area contributed by atoms with Crippen molar-refractivity contribution in [3.63, 3.8) is 0 Å². The fourth-order valence-electron chi connectivity index (χ4n) is 1.41. The van der Waals surface area contributed by atoms with E-state index in [9.17, 15) is 4.79 Å². The topological polar surface area (TPSA) is 55.1 Å². The Morgan fingerprint density at radius 1 is 1.50 bits per heavy atom. The van der Waals surface area contributed by atoms with Crippen molar-refractivity contribution in [1.82, 2.24) is 5.32 Å². The molecule has 0 aliphatic heterocycles. The first-order valence-corrected chi connectivity index (χ1v) is 6.16. The van der Waals surface area contributed by atoms with Gasteiger partial charge >= 0.3 is 0 Å². The Hall–Kier alpha value is -0.870. The zero-order chi connectivity index (χ0) is 12.1. The molecule has 0 bridgehead atoms. The van der Waals surface area contributed by atoms with Crippen LogP contribution in [-0.2, 0) is 4.79 Å². The van der Waals surface area contributed by atoms with Crippen molar-refractivity contribution in [3.8, 4) is 0 Å². The smallest absolute Gasteiger partial charge is 0.237 e. The Kier molecular flexibility index (Phi) is 4.96. The van der Waals surface area contributed by atoms with E-state index in [2.05, 4.69) is 21.2 Å². The zero-order valence-electron chi connectivity index (χ0n) is 9.53. The van der Waals surface area contributed by atoms with E-state index in [1.165, 1.54) is 0 Å². The number of carbonyl (C=O) groups is 1. The van der Waals surface area contributed by atoms with Gasteiger partial charge in [-0.25, -0.2) is 0 Å². The maximum absolute atomic E-state index is 11.6. The fourth-order valence-corrected chi connectivity index (χ4v) is 2.04. The molecular weight excluding hydrogens is 268 g/mol. The van der Waals surface area contributed by atoms with Crippen molar-refractivity contribution < 1.29 is 4.79 Å². The summed E-state index contributed by atoms with van der Waals surface area (Å²) >= 11 is 3.46. The lowest BCUT2D eigenvalue weighted by atomic mass is 10.1. The molecule has 0 saturated carbocycles. The molecule has 0 fully saturated rings. The third-order valence-electron chi connectivity index (χ3n) is 2.51. The predicted molar refractivity (Wildman–Crippen MR) is 69.0 cm³/mol. The van der Waals surface area contributed by atoms with Crippen LogP contribution in [0.3, 0.4) is 0 Å². The molecule has 0 aliphatic rings. The predicted octanol–water partition coefficient (Wildman–Crippen LogP) is 2.36. The molecule has 16 heavy (non-hydrogen) atoms. The van der Waals surface area contributed by atoms with Gasteiger partial charge in [0.15, 0.2) is 0 Å². The minimum absolute atomic E-state index is 0.0410. The quantitative estimate of drug-likeness (QED) is 0.892. The largest absolute Gasteiger partial charge is 0.348 e. The number of benzene rings is 1. The Bertz CT molecular complexity index is 368. The maximum atomic E-state index is 11.6. The first kappa shape index (κ1) is 13.2. The average Bonchev–Trinajstić information content (AvgIpc) is 2.28. The first-order chi connectivity index (χ1) is 7.56. The molecule has 1 rings (SSSR count). The minimum atomic E-state index is -0.426. The van der Waals surface area contributed by atoms with Crippen LogP contribution in [0.2, 0.25) is 0 Å². The van der Waals surface area contributed by atoms with Crippen molar-refractivity contribution in [2.75, 3.05) is 0 Å². The van der Waals surface area contributed by atoms with Crippen molar-refractivity contribution in [3.05, 3.63) is 34.3 Å². The summed E-state index contributed by atoms with van der Waals surface area (Å²) in [6.07, 6.45) is 0.647. The lowest BCUT2D eigenvalue weighted by Gasteiger charge is -2.18. The number of hydrogen-bond donors (Lipinski definition) is 2. The van der Waals surface area contributed by atoms with Gasteiger partial charge in [-0.2, -0.15) is 0 Å². The van der Waals surface area contributed by atoms with Crippen LogP contribution >= 0.6 is 15.9 Å². The van der Waals surface area contributed by atoms with E-state index in [1.807, 2.05) is 38.1 Å². The molecule has 4 heteroatoms. The van der Waals surface area contributed by atoms with Crippen LogP contribution < -0.4 is 11.1 Å². The van der Waals surface area contributed by atoms with Gasteiger partial charge in [0.05, 0.1) is 12.1 Å². The average molecular weight is 285 g/mol. The van der Waals surface area contributed by atoms with E-state index in [0.29, 0.717) is 6.42 Å². The third kappa shape index (κ3) is 3.32. The van der Waals surface area contributed by atoms with Crippen LogP contribution in [0.1, 0.15) is 31.9 Å². The monoisotopic (exact) mass is 284 g/mol. The highest BCUT2D eigenvalue weighted by atomic mass is 79.9. The minimum Gasteiger partial charge on any atom is -0.348 e. The van der Waals surface area contributed by atoms with Gasteiger partial charge < -0.3 is 11.1 Å². The Balaban J connectivity index is 2.69. The van der Waals surface area contributed by atoms with Gasteiger partial charge in [-0.3, -0.25) is 4.79 Å². The summed E-state index contributed by atoms with van der Waals surface area (Å²) in [7, 11) is 0. The first-order valence-electron chi connectivity index (χ1n) is 5.36. The summed E-state index contributed by atoms with van der Waals surface area (Å²) in [6.45, 7) is 3.84. The number of carbonyl (C=O) groups excluding carboxylic acids is 1. The second kappa shape index (κ2) is 6.01. The molecule has 0 aliphatic carbocycles. The highest BCUT2D eigenvalue weighted by Gasteiger charge is 2.15. The number of rotatable bonds is 4. The summed E-state index contributed by atoms with van der Waals surface area (Å²) in [5.41, 5.74) is 6.71. The van der Waals surface area contributed by atoms with Crippen molar-refractivity contribution >= 4 is 21.8 Å². The van der Waals surface area contributed by atoms with E-state index in [4.69, 9.17) is 5.73 Å². The van der Waals surface area contributed by atoms with Crippen molar-refractivity contribution in [2.45, 2.75) is 32.4 Å². The van der Waals surface area contributed by atoms with Crippen LogP contribution in [-0.4, -0.2) is 11.9 Å². The summed E-state index contributed by atoms with van der Waals surface area (Å²) in [4.78, 5) is 11.6. The summed E-state index contributed by atoms with van der Waals surface area (Å²) in [5.74, 6) is -0.106. The lowest BCUT2D eigenvalue weighted by molar-refractivity contribution is -0.123. The van der Waals surface area contributed by atoms with Gasteiger partial charge in [0.2, 0.25) is 5.91 Å². The van der Waals surface area contributed by atoms with Gasteiger partial charge in [-0.1, -0.05) is 41.1 Å². The van der Waals surface area contributed by atoms with Crippen LogP contribution in [0.15, 0.2) is 28.7 Å². The summed E-state index contributed by atoms with van der Waals surface area (Å²) in [5, 5.41) is 2.89. The van der Waals surface area contributed by atoms with Crippen molar-refractivity contribution in [1.29, 1.82) is 0 Å². The molecule has 0 spiro atoms. The Morgan fingerprint density at radius 2 is 2.12 bits per heavy atom. The Morgan fingerprint density at radius 3 is 2.69 bits per heavy atom. The molecule has 1 amide bonds. The van der Waals surface area contributed by atoms with Crippen LogP contribution in [0.5, 0.6) is 0 Å². The Labute approximate surface area is 105 Å². The van der Waals surface area contributed by atoms with E-state index < -0.39 is 6.04 Å². The van der Waals surface area contributed by atoms with Crippen LogP contribution in [0.25, 0.3) is 0 Å².